The Morgan fingerprint density at radius 1 is 1.10 bits per heavy atom. The van der Waals surface area contributed by atoms with Crippen LogP contribution in [-0.2, 0) is 0 Å². The normalized spacial score (nSPS) is 18.2. The minimum absolute atomic E-state index is 0.205. The molecule has 0 radical (unpaired) electrons. The molecule has 1 aliphatic rings. The molecule has 4 heteroatoms. The molecular weight excluding hydrogens is 270 g/mol. The summed E-state index contributed by atoms with van der Waals surface area (Å²) in [5.74, 6) is 0. The highest BCUT2D eigenvalue weighted by Crippen LogP contribution is 2.35. The number of halogens is 1. The van der Waals surface area contributed by atoms with Gasteiger partial charge in [-0.05, 0) is 29.8 Å². The Labute approximate surface area is 123 Å². The zero-order valence-electron chi connectivity index (χ0n) is 11.0. The monoisotopic (exact) mass is 285 g/mol. The number of anilines is 1. The van der Waals surface area contributed by atoms with E-state index in [1.54, 1.807) is 0 Å². The molecule has 0 saturated carbocycles. The van der Waals surface area contributed by atoms with Crippen molar-refractivity contribution in [3.63, 3.8) is 0 Å². The van der Waals surface area contributed by atoms with Crippen LogP contribution in [-0.4, -0.2) is 12.3 Å². The number of rotatable bonds is 3. The Morgan fingerprint density at radius 2 is 1.80 bits per heavy atom. The average molecular weight is 286 g/mol. The molecule has 2 aromatic carbocycles. The molecule has 3 rings (SSSR count). The van der Waals surface area contributed by atoms with E-state index in [1.165, 1.54) is 5.56 Å². The zero-order valence-corrected chi connectivity index (χ0v) is 11.8. The first-order valence-corrected chi connectivity index (χ1v) is 7.02. The molecule has 1 heterocycles. The van der Waals surface area contributed by atoms with E-state index < -0.39 is 0 Å². The molecule has 0 fully saturated rings. The molecule has 0 bridgehead atoms. The standard InChI is InChI=1S/C16H16ClN3/c17-13-6-8-15(9-7-13)20-16(10-14(11-18)19-20)12-4-2-1-3-5-12/h1-9,16H,10-11,18H2. The Kier molecular flexibility index (Phi) is 3.72. The molecule has 1 atom stereocenters. The largest absolute Gasteiger partial charge is 0.325 e. The van der Waals surface area contributed by atoms with Gasteiger partial charge in [0.25, 0.3) is 0 Å². The summed E-state index contributed by atoms with van der Waals surface area (Å²) in [4.78, 5) is 0. The summed E-state index contributed by atoms with van der Waals surface area (Å²) >= 11 is 5.95. The number of nitrogens with zero attached hydrogens (tertiary/aromatic N) is 2. The van der Waals surface area contributed by atoms with E-state index in [1.807, 2.05) is 35.3 Å². The van der Waals surface area contributed by atoms with Crippen molar-refractivity contribution in [2.75, 3.05) is 11.6 Å². The van der Waals surface area contributed by atoms with Crippen molar-refractivity contribution in [3.05, 3.63) is 65.2 Å². The molecule has 20 heavy (non-hydrogen) atoms. The van der Waals surface area contributed by atoms with Gasteiger partial charge in [-0.3, -0.25) is 5.01 Å². The van der Waals surface area contributed by atoms with Crippen molar-refractivity contribution < 1.29 is 0 Å². The van der Waals surface area contributed by atoms with Gasteiger partial charge in [0.05, 0.1) is 17.4 Å². The van der Waals surface area contributed by atoms with Gasteiger partial charge in [0, 0.05) is 18.0 Å². The van der Waals surface area contributed by atoms with Crippen LogP contribution in [0.25, 0.3) is 0 Å². The predicted molar refractivity (Wildman–Crippen MR) is 84.2 cm³/mol. The van der Waals surface area contributed by atoms with Gasteiger partial charge in [0.15, 0.2) is 0 Å². The van der Waals surface area contributed by atoms with E-state index in [9.17, 15) is 0 Å². The number of hydrogen-bond acceptors (Lipinski definition) is 3. The molecule has 2 aromatic rings. The first-order valence-electron chi connectivity index (χ1n) is 6.64. The van der Waals surface area contributed by atoms with Crippen LogP contribution in [0.4, 0.5) is 5.69 Å². The second-order valence-corrected chi connectivity index (χ2v) is 5.26. The van der Waals surface area contributed by atoms with Gasteiger partial charge in [0.1, 0.15) is 0 Å². The van der Waals surface area contributed by atoms with Crippen molar-refractivity contribution in [3.8, 4) is 0 Å². The van der Waals surface area contributed by atoms with E-state index in [4.69, 9.17) is 17.3 Å². The minimum atomic E-state index is 0.205. The Morgan fingerprint density at radius 3 is 2.45 bits per heavy atom. The van der Waals surface area contributed by atoms with Gasteiger partial charge in [-0.2, -0.15) is 5.10 Å². The van der Waals surface area contributed by atoms with Crippen LogP contribution in [0.15, 0.2) is 59.7 Å². The van der Waals surface area contributed by atoms with E-state index in [-0.39, 0.29) is 6.04 Å². The fourth-order valence-electron chi connectivity index (χ4n) is 2.46. The smallest absolute Gasteiger partial charge is 0.0828 e. The summed E-state index contributed by atoms with van der Waals surface area (Å²) in [5.41, 5.74) is 9.06. The highest BCUT2D eigenvalue weighted by Gasteiger charge is 2.28. The highest BCUT2D eigenvalue weighted by molar-refractivity contribution is 6.30. The second-order valence-electron chi connectivity index (χ2n) is 4.82. The summed E-state index contributed by atoms with van der Waals surface area (Å²) in [6.45, 7) is 0.493. The van der Waals surface area contributed by atoms with E-state index in [0.29, 0.717) is 6.54 Å². The van der Waals surface area contributed by atoms with Gasteiger partial charge < -0.3 is 5.73 Å². The highest BCUT2D eigenvalue weighted by atomic mass is 35.5. The van der Waals surface area contributed by atoms with Crippen LogP contribution in [0.1, 0.15) is 18.0 Å². The Bertz CT molecular complexity index is 607. The fraction of sp³-hybridized carbons (Fsp3) is 0.188. The van der Waals surface area contributed by atoms with Crippen LogP contribution in [0.3, 0.4) is 0 Å². The number of hydrazone groups is 1. The van der Waals surface area contributed by atoms with Crippen molar-refractivity contribution in [1.82, 2.24) is 0 Å². The quantitative estimate of drug-likeness (QED) is 0.936. The Hall–Kier alpha value is -1.84. The molecule has 0 aromatic heterocycles. The van der Waals surface area contributed by atoms with Gasteiger partial charge in [0.2, 0.25) is 0 Å². The maximum Gasteiger partial charge on any atom is 0.0828 e. The van der Waals surface area contributed by atoms with Gasteiger partial charge in [-0.15, -0.1) is 0 Å². The maximum atomic E-state index is 5.95. The molecule has 0 amide bonds. The first-order chi connectivity index (χ1) is 9.78. The second kappa shape index (κ2) is 5.65. The number of nitrogens with two attached hydrogens (primary N) is 1. The third-order valence-corrected chi connectivity index (χ3v) is 3.74. The van der Waals surface area contributed by atoms with Crippen LogP contribution >= 0.6 is 11.6 Å². The van der Waals surface area contributed by atoms with E-state index in [0.717, 1.165) is 22.8 Å². The van der Waals surface area contributed by atoms with E-state index in [2.05, 4.69) is 29.4 Å². The summed E-state index contributed by atoms with van der Waals surface area (Å²) < 4.78 is 0. The molecule has 3 nitrogen and oxygen atoms in total. The van der Waals surface area contributed by atoms with E-state index >= 15 is 0 Å². The fourth-order valence-corrected chi connectivity index (χ4v) is 2.59. The average Bonchev–Trinajstić information content (AvgIpc) is 2.93. The lowest BCUT2D eigenvalue weighted by Crippen LogP contribution is -2.18. The zero-order chi connectivity index (χ0) is 13.9. The SMILES string of the molecule is NCC1=NN(c2ccc(Cl)cc2)C(c2ccccc2)C1. The molecule has 102 valence electrons. The van der Waals surface area contributed by atoms with Crippen LogP contribution in [0.5, 0.6) is 0 Å². The van der Waals surface area contributed by atoms with Gasteiger partial charge in [-0.25, -0.2) is 0 Å². The van der Waals surface area contributed by atoms with Crippen molar-refractivity contribution in [2.24, 2.45) is 10.8 Å². The molecule has 0 spiro atoms. The minimum Gasteiger partial charge on any atom is -0.325 e. The lowest BCUT2D eigenvalue weighted by Gasteiger charge is -2.24. The third kappa shape index (κ3) is 2.55. The van der Waals surface area contributed by atoms with Crippen molar-refractivity contribution in [2.45, 2.75) is 12.5 Å². The molecule has 2 N–H and O–H groups in total. The predicted octanol–water partition coefficient (Wildman–Crippen LogP) is 3.61. The lowest BCUT2D eigenvalue weighted by molar-refractivity contribution is 0.708. The topological polar surface area (TPSA) is 41.6 Å². The summed E-state index contributed by atoms with van der Waals surface area (Å²) in [5, 5.41) is 7.41. The molecule has 0 aliphatic carbocycles. The molecule has 1 unspecified atom stereocenters. The summed E-state index contributed by atoms with van der Waals surface area (Å²) in [7, 11) is 0. The summed E-state index contributed by atoms with van der Waals surface area (Å²) in [6, 6.07) is 18.3. The number of hydrogen-bond donors (Lipinski definition) is 1. The van der Waals surface area contributed by atoms with Crippen LogP contribution < -0.4 is 10.7 Å². The first kappa shape index (κ1) is 13.2. The third-order valence-electron chi connectivity index (χ3n) is 3.48. The van der Waals surface area contributed by atoms with Crippen LogP contribution in [0, 0.1) is 0 Å². The molecule has 0 saturated heterocycles. The maximum absolute atomic E-state index is 5.95. The lowest BCUT2D eigenvalue weighted by atomic mass is 10.0. The molecule has 1 aliphatic heterocycles. The molecular formula is C16H16ClN3. The van der Waals surface area contributed by atoms with Gasteiger partial charge >= 0.3 is 0 Å². The Balaban J connectivity index is 1.96. The van der Waals surface area contributed by atoms with Crippen molar-refractivity contribution in [1.29, 1.82) is 0 Å². The summed E-state index contributed by atoms with van der Waals surface area (Å²) in [6.07, 6.45) is 0.864. The number of benzene rings is 2. The van der Waals surface area contributed by atoms with Gasteiger partial charge in [-0.1, -0.05) is 41.9 Å². The van der Waals surface area contributed by atoms with Crippen molar-refractivity contribution >= 4 is 23.0 Å². The van der Waals surface area contributed by atoms with Crippen LogP contribution in [0.2, 0.25) is 5.02 Å².